The summed E-state index contributed by atoms with van der Waals surface area (Å²) in [7, 11) is 0. The quantitative estimate of drug-likeness (QED) is 0.879. The highest BCUT2D eigenvalue weighted by Crippen LogP contribution is 2.29. The maximum absolute atomic E-state index is 13.2. The van der Waals surface area contributed by atoms with E-state index in [0.29, 0.717) is 24.1 Å². The van der Waals surface area contributed by atoms with Crippen LogP contribution in [0.25, 0.3) is 0 Å². The monoisotopic (exact) mass is 269 g/mol. The SMILES string of the molecule is CC1CCC(NCc2cc(F)c(O)c(F)c2)C(C)C1. The third-order valence-corrected chi connectivity index (χ3v) is 4.08. The lowest BCUT2D eigenvalue weighted by molar-refractivity contribution is 0.227. The number of halogens is 2. The molecule has 4 heteroatoms. The fourth-order valence-electron chi connectivity index (χ4n) is 2.94. The van der Waals surface area contributed by atoms with Crippen molar-refractivity contribution >= 4 is 0 Å². The summed E-state index contributed by atoms with van der Waals surface area (Å²) in [5.41, 5.74) is 0.527. The maximum Gasteiger partial charge on any atom is 0.187 e. The predicted octanol–water partition coefficient (Wildman–Crippen LogP) is 3.58. The normalized spacial score (nSPS) is 27.5. The van der Waals surface area contributed by atoms with E-state index < -0.39 is 17.4 Å². The molecule has 1 aromatic carbocycles. The summed E-state index contributed by atoms with van der Waals surface area (Å²) < 4.78 is 26.4. The Morgan fingerprint density at radius 3 is 2.42 bits per heavy atom. The zero-order valence-corrected chi connectivity index (χ0v) is 11.4. The van der Waals surface area contributed by atoms with Crippen LogP contribution in [0.3, 0.4) is 0 Å². The van der Waals surface area contributed by atoms with E-state index in [2.05, 4.69) is 19.2 Å². The van der Waals surface area contributed by atoms with Crippen LogP contribution >= 0.6 is 0 Å². The van der Waals surface area contributed by atoms with Crippen molar-refractivity contribution < 1.29 is 13.9 Å². The third kappa shape index (κ3) is 3.44. The van der Waals surface area contributed by atoms with Gasteiger partial charge in [0.15, 0.2) is 17.4 Å². The smallest absolute Gasteiger partial charge is 0.187 e. The zero-order chi connectivity index (χ0) is 14.0. The highest BCUT2D eigenvalue weighted by Gasteiger charge is 2.24. The minimum atomic E-state index is -0.901. The Kier molecular flexibility index (Phi) is 4.40. The first-order valence-corrected chi connectivity index (χ1v) is 6.87. The van der Waals surface area contributed by atoms with Crippen molar-refractivity contribution in [3.8, 4) is 5.75 Å². The maximum atomic E-state index is 13.2. The second kappa shape index (κ2) is 5.87. The van der Waals surface area contributed by atoms with Crippen molar-refractivity contribution in [2.24, 2.45) is 11.8 Å². The van der Waals surface area contributed by atoms with Crippen LogP contribution in [0.5, 0.6) is 5.75 Å². The van der Waals surface area contributed by atoms with Crippen LogP contribution in [0.4, 0.5) is 8.78 Å². The van der Waals surface area contributed by atoms with Gasteiger partial charge < -0.3 is 10.4 Å². The van der Waals surface area contributed by atoms with Gasteiger partial charge >= 0.3 is 0 Å². The molecular formula is C15H21F2NO. The molecule has 3 atom stereocenters. The average molecular weight is 269 g/mol. The second-order valence-electron chi connectivity index (χ2n) is 5.79. The lowest BCUT2D eigenvalue weighted by Crippen LogP contribution is -2.38. The summed E-state index contributed by atoms with van der Waals surface area (Å²) in [5, 5.41) is 12.4. The molecule has 106 valence electrons. The molecule has 2 rings (SSSR count). The molecule has 1 fully saturated rings. The molecule has 19 heavy (non-hydrogen) atoms. The van der Waals surface area contributed by atoms with Crippen LogP contribution in [-0.2, 0) is 6.54 Å². The molecule has 0 bridgehead atoms. The molecular weight excluding hydrogens is 248 g/mol. The van der Waals surface area contributed by atoms with E-state index in [0.717, 1.165) is 12.3 Å². The number of rotatable bonds is 3. The Labute approximate surface area is 112 Å². The van der Waals surface area contributed by atoms with Gasteiger partial charge in [0.05, 0.1) is 0 Å². The van der Waals surface area contributed by atoms with Gasteiger partial charge in [-0.3, -0.25) is 0 Å². The fourth-order valence-corrected chi connectivity index (χ4v) is 2.94. The van der Waals surface area contributed by atoms with Gasteiger partial charge in [0, 0.05) is 12.6 Å². The molecule has 0 aliphatic heterocycles. The molecule has 2 N–H and O–H groups in total. The van der Waals surface area contributed by atoms with Gasteiger partial charge in [0.2, 0.25) is 0 Å². The van der Waals surface area contributed by atoms with E-state index in [1.54, 1.807) is 0 Å². The molecule has 2 nitrogen and oxygen atoms in total. The molecule has 0 spiro atoms. The van der Waals surface area contributed by atoms with Crippen molar-refractivity contribution in [1.82, 2.24) is 5.32 Å². The van der Waals surface area contributed by atoms with Crippen molar-refractivity contribution in [2.45, 2.75) is 45.7 Å². The third-order valence-electron chi connectivity index (χ3n) is 4.08. The van der Waals surface area contributed by atoms with E-state index in [-0.39, 0.29) is 0 Å². The van der Waals surface area contributed by atoms with Gasteiger partial charge in [-0.05, 0) is 48.8 Å². The summed E-state index contributed by atoms with van der Waals surface area (Å²) in [5.74, 6) is -1.36. The first-order valence-electron chi connectivity index (χ1n) is 6.87. The lowest BCUT2D eigenvalue weighted by Gasteiger charge is -2.33. The van der Waals surface area contributed by atoms with Crippen LogP contribution in [0.15, 0.2) is 12.1 Å². The van der Waals surface area contributed by atoms with Gasteiger partial charge in [0.25, 0.3) is 0 Å². The molecule has 1 aromatic rings. The molecule has 1 saturated carbocycles. The molecule has 0 heterocycles. The van der Waals surface area contributed by atoms with E-state index in [9.17, 15) is 8.78 Å². The predicted molar refractivity (Wildman–Crippen MR) is 70.8 cm³/mol. The van der Waals surface area contributed by atoms with Crippen LogP contribution in [0.1, 0.15) is 38.7 Å². The molecule has 1 aliphatic carbocycles. The summed E-state index contributed by atoms with van der Waals surface area (Å²) in [6.07, 6.45) is 3.49. The number of hydrogen-bond acceptors (Lipinski definition) is 2. The zero-order valence-electron chi connectivity index (χ0n) is 11.4. The Bertz CT molecular complexity index is 427. The van der Waals surface area contributed by atoms with E-state index in [1.807, 2.05) is 0 Å². The highest BCUT2D eigenvalue weighted by molar-refractivity contribution is 5.30. The van der Waals surface area contributed by atoms with Crippen LogP contribution in [0.2, 0.25) is 0 Å². The van der Waals surface area contributed by atoms with Crippen molar-refractivity contribution in [1.29, 1.82) is 0 Å². The van der Waals surface area contributed by atoms with Crippen LogP contribution < -0.4 is 5.32 Å². The fraction of sp³-hybridized carbons (Fsp3) is 0.600. The number of phenols is 1. The summed E-state index contributed by atoms with van der Waals surface area (Å²) in [6.45, 7) is 4.90. The van der Waals surface area contributed by atoms with E-state index in [1.165, 1.54) is 25.0 Å². The number of phenolic OH excluding ortho intramolecular Hbond substituents is 1. The molecule has 3 unspecified atom stereocenters. The Balaban J connectivity index is 1.95. The molecule has 0 radical (unpaired) electrons. The van der Waals surface area contributed by atoms with Crippen molar-refractivity contribution in [3.05, 3.63) is 29.3 Å². The van der Waals surface area contributed by atoms with Crippen molar-refractivity contribution in [2.75, 3.05) is 0 Å². The van der Waals surface area contributed by atoms with Gasteiger partial charge in [0.1, 0.15) is 0 Å². The summed E-state index contributed by atoms with van der Waals surface area (Å²) in [6, 6.07) is 2.76. The lowest BCUT2D eigenvalue weighted by atomic mass is 9.80. The van der Waals surface area contributed by atoms with Gasteiger partial charge in [-0.25, -0.2) is 8.78 Å². The topological polar surface area (TPSA) is 32.3 Å². The van der Waals surface area contributed by atoms with Gasteiger partial charge in [-0.2, -0.15) is 0 Å². The molecule has 0 aromatic heterocycles. The highest BCUT2D eigenvalue weighted by atomic mass is 19.1. The Morgan fingerprint density at radius 2 is 1.84 bits per heavy atom. The van der Waals surface area contributed by atoms with Gasteiger partial charge in [-0.15, -0.1) is 0 Å². The van der Waals surface area contributed by atoms with Crippen LogP contribution in [-0.4, -0.2) is 11.1 Å². The first-order chi connectivity index (χ1) is 8.97. The van der Waals surface area contributed by atoms with E-state index >= 15 is 0 Å². The average Bonchev–Trinajstić information content (AvgIpc) is 2.34. The van der Waals surface area contributed by atoms with Crippen LogP contribution in [0, 0.1) is 23.5 Å². The first kappa shape index (κ1) is 14.3. The summed E-state index contributed by atoms with van der Waals surface area (Å²) >= 11 is 0. The number of aromatic hydroxyl groups is 1. The molecule has 0 amide bonds. The minimum Gasteiger partial charge on any atom is -0.503 e. The largest absolute Gasteiger partial charge is 0.503 e. The molecule has 1 aliphatic rings. The van der Waals surface area contributed by atoms with E-state index in [4.69, 9.17) is 5.11 Å². The number of hydrogen-bond donors (Lipinski definition) is 2. The summed E-state index contributed by atoms with van der Waals surface area (Å²) in [4.78, 5) is 0. The minimum absolute atomic E-state index is 0.399. The van der Waals surface area contributed by atoms with Gasteiger partial charge in [-0.1, -0.05) is 13.8 Å². The number of nitrogens with one attached hydrogen (secondary N) is 1. The standard InChI is InChI=1S/C15H21F2NO/c1-9-3-4-14(10(2)5-9)18-8-11-6-12(16)15(19)13(17)7-11/h6-7,9-10,14,18-19H,3-5,8H2,1-2H3. The van der Waals surface area contributed by atoms with Crippen molar-refractivity contribution in [3.63, 3.8) is 0 Å². The Morgan fingerprint density at radius 1 is 1.21 bits per heavy atom. The molecule has 0 saturated heterocycles. The number of benzene rings is 1. The Hall–Kier alpha value is -1.16. The second-order valence-corrected chi connectivity index (χ2v) is 5.79.